The minimum Gasteiger partial charge on any atom is -0.329 e. The third-order valence-electron chi connectivity index (χ3n) is 3.35. The number of nitrogens with one attached hydrogen (secondary N) is 1. The van der Waals surface area contributed by atoms with Crippen molar-refractivity contribution in [2.24, 2.45) is 0 Å². The SMILES string of the molecule is CCNCc1cc(CC)nc(N(C)c2ccccc2)c1. The Morgan fingerprint density at radius 2 is 1.85 bits per heavy atom. The van der Waals surface area contributed by atoms with E-state index in [4.69, 9.17) is 4.98 Å². The molecular weight excluding hydrogens is 246 g/mol. The molecule has 0 saturated heterocycles. The molecule has 3 heteroatoms. The van der Waals surface area contributed by atoms with Crippen molar-refractivity contribution in [3.8, 4) is 0 Å². The lowest BCUT2D eigenvalue weighted by molar-refractivity contribution is 0.724. The van der Waals surface area contributed by atoms with Crippen molar-refractivity contribution >= 4 is 11.5 Å². The fraction of sp³-hybridized carbons (Fsp3) is 0.353. The van der Waals surface area contributed by atoms with Crippen molar-refractivity contribution in [2.75, 3.05) is 18.5 Å². The zero-order chi connectivity index (χ0) is 14.4. The van der Waals surface area contributed by atoms with Crippen LogP contribution in [-0.2, 0) is 13.0 Å². The number of aromatic nitrogens is 1. The molecule has 1 aromatic heterocycles. The smallest absolute Gasteiger partial charge is 0.133 e. The van der Waals surface area contributed by atoms with Crippen LogP contribution >= 0.6 is 0 Å². The predicted octanol–water partition coefficient (Wildman–Crippen LogP) is 3.52. The summed E-state index contributed by atoms with van der Waals surface area (Å²) < 4.78 is 0. The van der Waals surface area contributed by atoms with Crippen molar-refractivity contribution in [1.82, 2.24) is 10.3 Å². The van der Waals surface area contributed by atoms with Gasteiger partial charge in [0.05, 0.1) is 0 Å². The maximum atomic E-state index is 4.73. The molecule has 0 spiro atoms. The van der Waals surface area contributed by atoms with Crippen LogP contribution in [0.25, 0.3) is 0 Å². The summed E-state index contributed by atoms with van der Waals surface area (Å²) >= 11 is 0. The van der Waals surface area contributed by atoms with Crippen molar-refractivity contribution in [2.45, 2.75) is 26.8 Å². The van der Waals surface area contributed by atoms with Crippen LogP contribution in [0, 0.1) is 0 Å². The van der Waals surface area contributed by atoms with Gasteiger partial charge in [0.25, 0.3) is 0 Å². The van der Waals surface area contributed by atoms with Gasteiger partial charge in [-0.3, -0.25) is 0 Å². The summed E-state index contributed by atoms with van der Waals surface area (Å²) in [4.78, 5) is 6.87. The summed E-state index contributed by atoms with van der Waals surface area (Å²) in [5, 5.41) is 3.38. The van der Waals surface area contributed by atoms with Crippen LogP contribution < -0.4 is 10.2 Å². The number of hydrogen-bond donors (Lipinski definition) is 1. The van der Waals surface area contributed by atoms with E-state index in [0.29, 0.717) is 0 Å². The van der Waals surface area contributed by atoms with Gasteiger partial charge in [-0.05, 0) is 42.8 Å². The average Bonchev–Trinajstić information content (AvgIpc) is 2.52. The van der Waals surface area contributed by atoms with Crippen LogP contribution in [0.5, 0.6) is 0 Å². The first-order valence-electron chi connectivity index (χ1n) is 7.24. The summed E-state index contributed by atoms with van der Waals surface area (Å²) in [7, 11) is 2.06. The van der Waals surface area contributed by atoms with Gasteiger partial charge in [-0.25, -0.2) is 4.98 Å². The van der Waals surface area contributed by atoms with Gasteiger partial charge >= 0.3 is 0 Å². The van der Waals surface area contributed by atoms with Crippen LogP contribution in [-0.4, -0.2) is 18.6 Å². The summed E-state index contributed by atoms with van der Waals surface area (Å²) in [6.45, 7) is 6.14. The molecule has 0 aliphatic heterocycles. The topological polar surface area (TPSA) is 28.2 Å². The summed E-state index contributed by atoms with van der Waals surface area (Å²) in [5.41, 5.74) is 3.58. The third kappa shape index (κ3) is 3.58. The monoisotopic (exact) mass is 269 g/mol. The molecule has 1 N–H and O–H groups in total. The highest BCUT2D eigenvalue weighted by atomic mass is 15.2. The van der Waals surface area contributed by atoms with Crippen LogP contribution in [0.15, 0.2) is 42.5 Å². The first-order chi connectivity index (χ1) is 9.74. The maximum absolute atomic E-state index is 4.73. The first-order valence-corrected chi connectivity index (χ1v) is 7.24. The Hall–Kier alpha value is -1.87. The van der Waals surface area contributed by atoms with E-state index in [1.165, 1.54) is 5.56 Å². The molecule has 1 heterocycles. The molecule has 0 amide bonds. The molecule has 2 rings (SSSR count). The lowest BCUT2D eigenvalue weighted by Gasteiger charge is -2.20. The second kappa shape index (κ2) is 7.06. The minimum atomic E-state index is 0.891. The number of aryl methyl sites for hydroxylation is 1. The zero-order valence-corrected chi connectivity index (χ0v) is 12.6. The number of pyridine rings is 1. The summed E-state index contributed by atoms with van der Waals surface area (Å²) in [6.07, 6.45) is 0.954. The quantitative estimate of drug-likeness (QED) is 0.869. The predicted molar refractivity (Wildman–Crippen MR) is 85.5 cm³/mol. The second-order valence-corrected chi connectivity index (χ2v) is 4.85. The van der Waals surface area contributed by atoms with E-state index in [2.05, 4.69) is 67.5 Å². The van der Waals surface area contributed by atoms with E-state index in [1.54, 1.807) is 0 Å². The Morgan fingerprint density at radius 1 is 1.10 bits per heavy atom. The van der Waals surface area contributed by atoms with Crippen LogP contribution in [0.3, 0.4) is 0 Å². The molecule has 106 valence electrons. The fourth-order valence-corrected chi connectivity index (χ4v) is 2.14. The van der Waals surface area contributed by atoms with Gasteiger partial charge in [0, 0.05) is 25.0 Å². The van der Waals surface area contributed by atoms with Crippen LogP contribution in [0.4, 0.5) is 11.5 Å². The number of para-hydroxylation sites is 1. The minimum absolute atomic E-state index is 0.891. The summed E-state index contributed by atoms with van der Waals surface area (Å²) in [5.74, 6) is 1.00. The maximum Gasteiger partial charge on any atom is 0.133 e. The largest absolute Gasteiger partial charge is 0.329 e. The molecular formula is C17H23N3. The van der Waals surface area contributed by atoms with Crippen LogP contribution in [0.1, 0.15) is 25.1 Å². The third-order valence-corrected chi connectivity index (χ3v) is 3.35. The van der Waals surface area contributed by atoms with Gasteiger partial charge in [-0.1, -0.05) is 32.0 Å². The lowest BCUT2D eigenvalue weighted by Crippen LogP contribution is -2.15. The van der Waals surface area contributed by atoms with Gasteiger partial charge < -0.3 is 10.2 Å². The van der Waals surface area contributed by atoms with Crippen molar-refractivity contribution < 1.29 is 0 Å². The average molecular weight is 269 g/mol. The molecule has 0 radical (unpaired) electrons. The number of hydrogen-bond acceptors (Lipinski definition) is 3. The molecule has 0 atom stereocenters. The van der Waals surface area contributed by atoms with Gasteiger partial charge in [0.1, 0.15) is 5.82 Å². The highest BCUT2D eigenvalue weighted by Crippen LogP contribution is 2.23. The highest BCUT2D eigenvalue weighted by molar-refractivity contribution is 5.59. The van der Waals surface area contributed by atoms with E-state index < -0.39 is 0 Å². The fourth-order valence-electron chi connectivity index (χ4n) is 2.14. The number of rotatable bonds is 6. The van der Waals surface area contributed by atoms with E-state index in [-0.39, 0.29) is 0 Å². The van der Waals surface area contributed by atoms with E-state index in [1.807, 2.05) is 6.07 Å². The van der Waals surface area contributed by atoms with Gasteiger partial charge in [0.2, 0.25) is 0 Å². The van der Waals surface area contributed by atoms with Gasteiger partial charge in [0.15, 0.2) is 0 Å². The number of benzene rings is 1. The Balaban J connectivity index is 2.30. The normalized spacial score (nSPS) is 10.6. The van der Waals surface area contributed by atoms with Gasteiger partial charge in [-0.2, -0.15) is 0 Å². The van der Waals surface area contributed by atoms with E-state index in [9.17, 15) is 0 Å². The molecule has 3 nitrogen and oxygen atoms in total. The van der Waals surface area contributed by atoms with Crippen molar-refractivity contribution in [1.29, 1.82) is 0 Å². The Morgan fingerprint density at radius 3 is 2.50 bits per heavy atom. The molecule has 0 fully saturated rings. The molecule has 20 heavy (non-hydrogen) atoms. The summed E-state index contributed by atoms with van der Waals surface area (Å²) in [6, 6.07) is 14.7. The van der Waals surface area contributed by atoms with E-state index >= 15 is 0 Å². The molecule has 0 bridgehead atoms. The van der Waals surface area contributed by atoms with Crippen molar-refractivity contribution in [3.63, 3.8) is 0 Å². The molecule has 2 aromatic rings. The van der Waals surface area contributed by atoms with E-state index in [0.717, 1.165) is 36.7 Å². The Labute approximate surface area is 121 Å². The Kier molecular flexibility index (Phi) is 5.13. The lowest BCUT2D eigenvalue weighted by atomic mass is 10.2. The van der Waals surface area contributed by atoms with Gasteiger partial charge in [-0.15, -0.1) is 0 Å². The first kappa shape index (κ1) is 14.5. The molecule has 1 aromatic carbocycles. The Bertz CT molecular complexity index is 537. The molecule has 0 unspecified atom stereocenters. The van der Waals surface area contributed by atoms with Crippen molar-refractivity contribution in [3.05, 3.63) is 53.7 Å². The zero-order valence-electron chi connectivity index (χ0n) is 12.6. The molecule has 0 aliphatic carbocycles. The standard InChI is InChI=1S/C17H23N3/c1-4-15-11-14(13-18-5-2)12-17(19-15)20(3)16-9-7-6-8-10-16/h6-12,18H,4-5,13H2,1-3H3. The number of anilines is 2. The number of nitrogens with zero attached hydrogens (tertiary/aromatic N) is 2. The van der Waals surface area contributed by atoms with Crippen LogP contribution in [0.2, 0.25) is 0 Å². The highest BCUT2D eigenvalue weighted by Gasteiger charge is 2.08. The molecule has 0 aliphatic rings. The molecule has 0 saturated carbocycles. The second-order valence-electron chi connectivity index (χ2n) is 4.85.